The molecule has 2 fully saturated rings. The Morgan fingerprint density at radius 3 is 2.33 bits per heavy atom. The van der Waals surface area contributed by atoms with Crippen molar-refractivity contribution in [2.75, 3.05) is 17.2 Å². The third-order valence-corrected chi connectivity index (χ3v) is 6.72. The Morgan fingerprint density at radius 2 is 1.83 bits per heavy atom. The van der Waals surface area contributed by atoms with Gasteiger partial charge in [-0.3, -0.25) is 19.2 Å². The number of rotatable bonds is 5. The summed E-state index contributed by atoms with van der Waals surface area (Å²) >= 11 is 7.66. The normalized spacial score (nSPS) is 22.7. The smallest absolute Gasteiger partial charge is 0.310 e. The minimum Gasteiger partial charge on any atom is -0.310 e. The second-order valence-corrected chi connectivity index (χ2v) is 9.14. The number of nitrogens with zero attached hydrogens (tertiary/aromatic N) is 1. The number of ketones is 3. The van der Waals surface area contributed by atoms with Gasteiger partial charge in [-0.15, -0.1) is 0 Å². The fraction of sp³-hybridized carbons (Fsp3) is 0.500. The number of thioether (sulfide) groups is 1. The van der Waals surface area contributed by atoms with Gasteiger partial charge in [0.15, 0.2) is 17.3 Å². The van der Waals surface area contributed by atoms with E-state index in [0.29, 0.717) is 18.2 Å². The van der Waals surface area contributed by atoms with Gasteiger partial charge in [0, 0.05) is 36.6 Å². The van der Waals surface area contributed by atoms with E-state index in [0.717, 1.165) is 11.0 Å². The van der Waals surface area contributed by atoms with Crippen LogP contribution in [0.1, 0.15) is 48.5 Å². The van der Waals surface area contributed by atoms with Crippen molar-refractivity contribution in [2.24, 2.45) is 5.92 Å². The fourth-order valence-electron chi connectivity index (χ4n) is 3.87. The molecule has 1 aliphatic carbocycles. The first-order valence-corrected chi connectivity index (χ1v) is 10.9. The molecule has 1 aliphatic heterocycles. The maximum atomic E-state index is 13.5. The molecule has 3 rings (SSSR count). The second kappa shape index (κ2) is 8.70. The van der Waals surface area contributed by atoms with E-state index in [4.69, 9.17) is 11.6 Å². The number of Topliss-reactive ketones (excluding diaryl/α,β-unsaturated/α-hetero) is 3. The summed E-state index contributed by atoms with van der Waals surface area (Å²) in [6, 6.07) is 1.55. The third kappa shape index (κ3) is 4.27. The number of carbonyl (C=O) groups excluding carboxylic acids is 4. The van der Waals surface area contributed by atoms with Crippen molar-refractivity contribution in [3.63, 3.8) is 0 Å². The molecule has 0 spiro atoms. The van der Waals surface area contributed by atoms with Gasteiger partial charge in [0.05, 0.1) is 16.3 Å². The topological polar surface area (TPSA) is 71.5 Å². The number of benzene rings is 1. The lowest BCUT2D eigenvalue weighted by molar-refractivity contribution is -0.137. The Labute approximate surface area is 180 Å². The van der Waals surface area contributed by atoms with Crippen LogP contribution in [0.15, 0.2) is 12.1 Å². The zero-order valence-corrected chi connectivity index (χ0v) is 17.6. The predicted molar refractivity (Wildman–Crippen MR) is 107 cm³/mol. The highest BCUT2D eigenvalue weighted by atomic mass is 35.5. The van der Waals surface area contributed by atoms with E-state index in [1.54, 1.807) is 0 Å². The molecule has 162 valence electrons. The number of hydrogen-bond donors (Lipinski definition) is 0. The standard InChI is InChI=1S/C20H19ClF3NO4S/c1-2-30-10-8-13(26)16(14(27)9-10)19(29)11-5-6-12(20(22,23)24)18(17(11)21)25-7-3-4-15(25)28/h5-6,10,16H,2-4,7-9H2,1H3. The van der Waals surface area contributed by atoms with Crippen LogP contribution in [0.5, 0.6) is 0 Å². The molecular formula is C20H19ClF3NO4S. The molecule has 1 saturated carbocycles. The Bertz CT molecular complexity index is 900. The van der Waals surface area contributed by atoms with Crippen LogP contribution in [-0.4, -0.2) is 40.8 Å². The molecule has 2 aliphatic rings. The molecule has 1 saturated heterocycles. The summed E-state index contributed by atoms with van der Waals surface area (Å²) < 4.78 is 40.6. The molecule has 10 heteroatoms. The lowest BCUT2D eigenvalue weighted by Crippen LogP contribution is -2.40. The SMILES string of the molecule is CCSC1CC(=O)C(C(=O)c2ccc(C(F)(F)F)c(N3CCCC3=O)c2Cl)C(=O)C1. The summed E-state index contributed by atoms with van der Waals surface area (Å²) in [5.74, 6) is -3.43. The van der Waals surface area contributed by atoms with Gasteiger partial charge in [0.1, 0.15) is 5.92 Å². The van der Waals surface area contributed by atoms with Gasteiger partial charge in [-0.2, -0.15) is 24.9 Å². The molecule has 0 atom stereocenters. The van der Waals surface area contributed by atoms with Gasteiger partial charge >= 0.3 is 6.18 Å². The Hall–Kier alpha value is -1.87. The Balaban J connectivity index is 2.02. The number of halogens is 4. The van der Waals surface area contributed by atoms with E-state index in [1.807, 2.05) is 6.92 Å². The van der Waals surface area contributed by atoms with Crippen molar-refractivity contribution >= 4 is 52.3 Å². The monoisotopic (exact) mass is 461 g/mol. The van der Waals surface area contributed by atoms with Crippen LogP contribution in [-0.2, 0) is 20.6 Å². The number of carbonyl (C=O) groups is 4. The summed E-state index contributed by atoms with van der Waals surface area (Å²) in [5.41, 5.74) is -2.08. The van der Waals surface area contributed by atoms with Crippen LogP contribution in [0, 0.1) is 5.92 Å². The van der Waals surface area contributed by atoms with E-state index < -0.39 is 51.6 Å². The van der Waals surface area contributed by atoms with Gasteiger partial charge < -0.3 is 4.90 Å². The molecule has 0 aromatic heterocycles. The molecule has 0 N–H and O–H groups in total. The van der Waals surface area contributed by atoms with Gasteiger partial charge in [-0.1, -0.05) is 18.5 Å². The van der Waals surface area contributed by atoms with Crippen molar-refractivity contribution < 1.29 is 32.3 Å². The highest BCUT2D eigenvalue weighted by molar-refractivity contribution is 7.99. The van der Waals surface area contributed by atoms with Crippen molar-refractivity contribution in [1.82, 2.24) is 0 Å². The quantitative estimate of drug-likeness (QED) is 0.482. The van der Waals surface area contributed by atoms with Crippen LogP contribution in [0.3, 0.4) is 0 Å². The predicted octanol–water partition coefficient (Wildman–Crippen LogP) is 4.34. The Morgan fingerprint density at radius 1 is 1.20 bits per heavy atom. The van der Waals surface area contributed by atoms with Crippen molar-refractivity contribution in [2.45, 2.75) is 44.0 Å². The highest BCUT2D eigenvalue weighted by Gasteiger charge is 2.43. The van der Waals surface area contributed by atoms with Crippen LogP contribution < -0.4 is 4.90 Å². The molecule has 0 radical (unpaired) electrons. The number of amides is 1. The molecule has 5 nitrogen and oxygen atoms in total. The van der Waals surface area contributed by atoms with Crippen LogP contribution >= 0.6 is 23.4 Å². The summed E-state index contributed by atoms with van der Waals surface area (Å²) in [7, 11) is 0. The van der Waals surface area contributed by atoms with Crippen LogP contribution in [0.25, 0.3) is 0 Å². The molecule has 0 bridgehead atoms. The first kappa shape index (κ1) is 22.8. The number of anilines is 1. The minimum atomic E-state index is -4.80. The largest absolute Gasteiger partial charge is 0.418 e. The summed E-state index contributed by atoms with van der Waals surface area (Å²) in [6.07, 6.45) is -4.29. The van der Waals surface area contributed by atoms with Crippen molar-refractivity contribution in [1.29, 1.82) is 0 Å². The van der Waals surface area contributed by atoms with E-state index in [1.165, 1.54) is 11.8 Å². The van der Waals surface area contributed by atoms with E-state index in [2.05, 4.69) is 0 Å². The lowest BCUT2D eigenvalue weighted by Gasteiger charge is -2.27. The molecule has 1 aromatic rings. The summed E-state index contributed by atoms with van der Waals surface area (Å²) in [5, 5.41) is -0.768. The van der Waals surface area contributed by atoms with Crippen molar-refractivity contribution in [3.8, 4) is 0 Å². The molecule has 1 aromatic carbocycles. The Kier molecular flexibility index (Phi) is 6.62. The number of hydrogen-bond acceptors (Lipinski definition) is 5. The minimum absolute atomic E-state index is 0.0381. The second-order valence-electron chi connectivity index (χ2n) is 7.19. The molecule has 30 heavy (non-hydrogen) atoms. The van der Waals surface area contributed by atoms with Gasteiger partial charge in [0.25, 0.3) is 0 Å². The van der Waals surface area contributed by atoms with Crippen molar-refractivity contribution in [3.05, 3.63) is 28.3 Å². The molecular weight excluding hydrogens is 443 g/mol. The average molecular weight is 462 g/mol. The zero-order chi connectivity index (χ0) is 22.2. The first-order valence-electron chi connectivity index (χ1n) is 9.47. The maximum Gasteiger partial charge on any atom is 0.418 e. The summed E-state index contributed by atoms with van der Waals surface area (Å²) in [6.45, 7) is 1.93. The van der Waals surface area contributed by atoms with Crippen LogP contribution in [0.2, 0.25) is 5.02 Å². The lowest BCUT2D eigenvalue weighted by atomic mass is 9.81. The zero-order valence-electron chi connectivity index (χ0n) is 16.1. The average Bonchev–Trinajstić information content (AvgIpc) is 3.05. The van der Waals surface area contributed by atoms with Gasteiger partial charge in [-0.05, 0) is 24.3 Å². The molecule has 1 amide bonds. The number of alkyl halides is 3. The molecule has 0 unspecified atom stereocenters. The first-order chi connectivity index (χ1) is 14.1. The van der Waals surface area contributed by atoms with Gasteiger partial charge in [0.2, 0.25) is 5.91 Å². The maximum absolute atomic E-state index is 13.5. The van der Waals surface area contributed by atoms with Crippen LogP contribution in [0.4, 0.5) is 18.9 Å². The van der Waals surface area contributed by atoms with E-state index in [9.17, 15) is 32.3 Å². The fourth-order valence-corrected chi connectivity index (χ4v) is 5.27. The highest BCUT2D eigenvalue weighted by Crippen LogP contribution is 2.44. The van der Waals surface area contributed by atoms with E-state index in [-0.39, 0.29) is 36.6 Å². The summed E-state index contributed by atoms with van der Waals surface area (Å²) in [4.78, 5) is 51.0. The van der Waals surface area contributed by atoms with E-state index >= 15 is 0 Å². The third-order valence-electron chi connectivity index (χ3n) is 5.20. The van der Waals surface area contributed by atoms with Gasteiger partial charge in [-0.25, -0.2) is 0 Å². The molecule has 1 heterocycles.